The minimum Gasteiger partial charge on any atom is -0.481 e. The fourth-order valence-electron chi connectivity index (χ4n) is 1.56. The van der Waals surface area contributed by atoms with Gasteiger partial charge in [0.1, 0.15) is 0 Å². The van der Waals surface area contributed by atoms with Crippen LogP contribution >= 0.6 is 11.8 Å². The number of carboxylic acid groups (broad SMARTS) is 1. The zero-order chi connectivity index (χ0) is 11.5. The van der Waals surface area contributed by atoms with E-state index in [1.54, 1.807) is 17.2 Å². The van der Waals surface area contributed by atoms with E-state index in [-0.39, 0.29) is 5.91 Å². The van der Waals surface area contributed by atoms with Crippen molar-refractivity contribution in [1.82, 2.24) is 4.90 Å². The summed E-state index contributed by atoms with van der Waals surface area (Å²) in [6, 6.07) is 0. The van der Waals surface area contributed by atoms with Gasteiger partial charge in [0, 0.05) is 19.2 Å². The molecule has 1 saturated heterocycles. The van der Waals surface area contributed by atoms with Crippen LogP contribution in [0.2, 0.25) is 0 Å². The van der Waals surface area contributed by atoms with Crippen molar-refractivity contribution in [3.05, 3.63) is 11.5 Å². The van der Waals surface area contributed by atoms with Crippen molar-refractivity contribution in [2.75, 3.05) is 19.3 Å². The molecule has 84 valence electrons. The van der Waals surface area contributed by atoms with Crippen molar-refractivity contribution in [3.63, 3.8) is 0 Å². The maximum atomic E-state index is 11.5. The Kier molecular flexibility index (Phi) is 3.79. The van der Waals surface area contributed by atoms with Crippen LogP contribution in [0, 0.1) is 5.41 Å². The second-order valence-corrected chi connectivity index (χ2v) is 4.66. The fourth-order valence-corrected chi connectivity index (χ4v) is 1.81. The second-order valence-electron chi connectivity index (χ2n) is 3.91. The van der Waals surface area contributed by atoms with Gasteiger partial charge in [-0.1, -0.05) is 0 Å². The minimum atomic E-state index is -0.827. The summed E-state index contributed by atoms with van der Waals surface area (Å²) >= 11 is 1.45. The Labute approximate surface area is 93.3 Å². The highest BCUT2D eigenvalue weighted by atomic mass is 32.2. The molecule has 1 aliphatic rings. The number of aliphatic carboxylic acids is 1. The molecule has 1 amide bonds. The molecule has 1 fully saturated rings. The summed E-state index contributed by atoms with van der Waals surface area (Å²) in [4.78, 5) is 24.1. The van der Waals surface area contributed by atoms with Gasteiger partial charge in [-0.3, -0.25) is 9.59 Å². The van der Waals surface area contributed by atoms with E-state index < -0.39 is 11.4 Å². The molecule has 4 nitrogen and oxygen atoms in total. The number of hydrogen-bond acceptors (Lipinski definition) is 3. The van der Waals surface area contributed by atoms with Crippen LogP contribution in [0.25, 0.3) is 0 Å². The molecule has 1 rings (SSSR count). The number of carboxylic acids is 1. The van der Waals surface area contributed by atoms with Crippen LogP contribution in [-0.2, 0) is 9.59 Å². The highest BCUT2D eigenvalue weighted by molar-refractivity contribution is 8.01. The molecule has 5 heteroatoms. The maximum Gasteiger partial charge on any atom is 0.311 e. The van der Waals surface area contributed by atoms with E-state index in [1.807, 2.05) is 6.26 Å². The number of hydrogen-bond donors (Lipinski definition) is 1. The molecule has 0 aromatic carbocycles. The number of thioether (sulfide) groups is 1. The van der Waals surface area contributed by atoms with Gasteiger partial charge in [0.2, 0.25) is 5.91 Å². The number of carbonyl (C=O) groups is 2. The molecule has 1 heterocycles. The summed E-state index contributed by atoms with van der Waals surface area (Å²) < 4.78 is 0. The molecule has 0 aromatic rings. The molecule has 1 N–H and O–H groups in total. The average Bonchev–Trinajstić information content (AvgIpc) is 2.59. The first kappa shape index (κ1) is 12.1. The van der Waals surface area contributed by atoms with Gasteiger partial charge < -0.3 is 10.0 Å². The number of nitrogens with zero attached hydrogens (tertiary/aromatic N) is 1. The minimum absolute atomic E-state index is 0.102. The van der Waals surface area contributed by atoms with E-state index in [0.29, 0.717) is 19.5 Å². The van der Waals surface area contributed by atoms with Crippen LogP contribution in [0.5, 0.6) is 0 Å². The first-order valence-electron chi connectivity index (χ1n) is 4.71. The Balaban J connectivity index is 2.60. The van der Waals surface area contributed by atoms with Gasteiger partial charge in [-0.2, -0.15) is 0 Å². The Hall–Kier alpha value is -0.970. The van der Waals surface area contributed by atoms with Gasteiger partial charge in [-0.25, -0.2) is 0 Å². The number of likely N-dealkylation sites (tertiary alicyclic amines) is 1. The van der Waals surface area contributed by atoms with Crippen LogP contribution in [0.4, 0.5) is 0 Å². The van der Waals surface area contributed by atoms with Crippen molar-refractivity contribution >= 4 is 23.6 Å². The van der Waals surface area contributed by atoms with E-state index in [1.165, 1.54) is 17.8 Å². The summed E-state index contributed by atoms with van der Waals surface area (Å²) in [5.41, 5.74) is -0.775. The number of rotatable bonds is 3. The Morgan fingerprint density at radius 1 is 1.53 bits per heavy atom. The first-order valence-corrected chi connectivity index (χ1v) is 6.00. The predicted molar refractivity (Wildman–Crippen MR) is 59.6 cm³/mol. The van der Waals surface area contributed by atoms with Crippen molar-refractivity contribution in [1.29, 1.82) is 0 Å². The van der Waals surface area contributed by atoms with Gasteiger partial charge in [-0.15, -0.1) is 11.8 Å². The number of carbonyl (C=O) groups excluding carboxylic acids is 1. The lowest BCUT2D eigenvalue weighted by atomic mass is 9.90. The first-order chi connectivity index (χ1) is 6.99. The molecule has 0 spiro atoms. The fraction of sp³-hybridized carbons (Fsp3) is 0.600. The molecule has 0 aromatic heterocycles. The van der Waals surface area contributed by atoms with E-state index in [0.717, 1.165) is 0 Å². The van der Waals surface area contributed by atoms with E-state index in [9.17, 15) is 9.59 Å². The summed E-state index contributed by atoms with van der Waals surface area (Å²) in [6.45, 7) is 2.52. The maximum absolute atomic E-state index is 11.5. The van der Waals surface area contributed by atoms with Gasteiger partial charge in [0.05, 0.1) is 5.41 Å². The summed E-state index contributed by atoms with van der Waals surface area (Å²) in [5.74, 6) is -0.930. The van der Waals surface area contributed by atoms with Crippen LogP contribution < -0.4 is 0 Å². The zero-order valence-corrected chi connectivity index (χ0v) is 9.71. The van der Waals surface area contributed by atoms with Crippen molar-refractivity contribution in [2.24, 2.45) is 5.41 Å². The van der Waals surface area contributed by atoms with Crippen LogP contribution in [0.3, 0.4) is 0 Å². The van der Waals surface area contributed by atoms with Gasteiger partial charge in [0.15, 0.2) is 0 Å². The van der Waals surface area contributed by atoms with E-state index in [2.05, 4.69) is 0 Å². The summed E-state index contributed by atoms with van der Waals surface area (Å²) in [7, 11) is 0. The molecular formula is C10H15NO3S. The molecule has 0 saturated carbocycles. The lowest BCUT2D eigenvalue weighted by Gasteiger charge is -2.18. The normalized spacial score (nSPS) is 26.1. The van der Waals surface area contributed by atoms with Crippen molar-refractivity contribution in [2.45, 2.75) is 13.3 Å². The zero-order valence-electron chi connectivity index (χ0n) is 8.90. The van der Waals surface area contributed by atoms with Gasteiger partial charge >= 0.3 is 5.97 Å². The highest BCUT2D eigenvalue weighted by Gasteiger charge is 2.41. The van der Waals surface area contributed by atoms with E-state index >= 15 is 0 Å². The molecule has 1 unspecified atom stereocenters. The predicted octanol–water partition coefficient (Wildman–Crippen LogP) is 1.19. The third kappa shape index (κ3) is 2.75. The topological polar surface area (TPSA) is 57.6 Å². The molecule has 0 bridgehead atoms. The highest BCUT2D eigenvalue weighted by Crippen LogP contribution is 2.30. The summed E-state index contributed by atoms with van der Waals surface area (Å²) in [6.07, 6.45) is 3.88. The van der Waals surface area contributed by atoms with Crippen LogP contribution in [-0.4, -0.2) is 41.2 Å². The Morgan fingerprint density at radius 3 is 2.67 bits per heavy atom. The third-order valence-electron chi connectivity index (χ3n) is 2.65. The molecule has 15 heavy (non-hydrogen) atoms. The smallest absolute Gasteiger partial charge is 0.311 e. The second kappa shape index (κ2) is 4.70. The third-order valence-corrected chi connectivity index (χ3v) is 3.06. The summed E-state index contributed by atoms with van der Waals surface area (Å²) in [5, 5.41) is 10.7. The lowest BCUT2D eigenvalue weighted by molar-refractivity contribution is -0.147. The van der Waals surface area contributed by atoms with Crippen molar-refractivity contribution in [3.8, 4) is 0 Å². The SMILES string of the molecule is CS/C=C/C(=O)N1CCC(C)(C(=O)O)C1. The molecular weight excluding hydrogens is 214 g/mol. The van der Waals surface area contributed by atoms with Crippen LogP contribution in [0.1, 0.15) is 13.3 Å². The molecule has 1 atom stereocenters. The quantitative estimate of drug-likeness (QED) is 0.738. The van der Waals surface area contributed by atoms with Gasteiger partial charge in [0.25, 0.3) is 0 Å². The Morgan fingerprint density at radius 2 is 2.20 bits per heavy atom. The number of amides is 1. The Bertz CT molecular complexity index is 303. The molecule has 0 radical (unpaired) electrons. The molecule has 0 aliphatic carbocycles. The standard InChI is InChI=1S/C10H15NO3S/c1-10(9(13)14)4-5-11(7-10)8(12)3-6-15-2/h3,6H,4-5,7H2,1-2H3,(H,13,14)/b6-3+. The van der Waals surface area contributed by atoms with E-state index in [4.69, 9.17) is 5.11 Å². The average molecular weight is 229 g/mol. The molecule has 1 aliphatic heterocycles. The monoisotopic (exact) mass is 229 g/mol. The van der Waals surface area contributed by atoms with Crippen LogP contribution in [0.15, 0.2) is 11.5 Å². The largest absolute Gasteiger partial charge is 0.481 e. The lowest BCUT2D eigenvalue weighted by Crippen LogP contribution is -2.34. The van der Waals surface area contributed by atoms with Crippen molar-refractivity contribution < 1.29 is 14.7 Å². The van der Waals surface area contributed by atoms with Gasteiger partial charge in [-0.05, 0) is 25.0 Å².